The van der Waals surface area contributed by atoms with Crippen LogP contribution in [-0.4, -0.2) is 60.2 Å². The van der Waals surface area contributed by atoms with Crippen LogP contribution in [0.15, 0.2) is 29.2 Å². The van der Waals surface area contributed by atoms with Gasteiger partial charge in [0.1, 0.15) is 11.6 Å². The van der Waals surface area contributed by atoms with Crippen LogP contribution >= 0.6 is 0 Å². The molecule has 0 amide bonds. The van der Waals surface area contributed by atoms with E-state index < -0.39 is 51.7 Å². The monoisotopic (exact) mass is 441 g/mol. The van der Waals surface area contributed by atoms with Gasteiger partial charge in [0, 0.05) is 13.0 Å². The summed E-state index contributed by atoms with van der Waals surface area (Å²) in [7, 11) is -4.13. The summed E-state index contributed by atoms with van der Waals surface area (Å²) in [5, 5.41) is 11.2. The zero-order valence-electron chi connectivity index (χ0n) is 18.3. The predicted molar refractivity (Wildman–Crippen MR) is 110 cm³/mol. The molecule has 2 rings (SSSR count). The van der Waals surface area contributed by atoms with Crippen LogP contribution in [0.4, 0.5) is 0 Å². The average Bonchev–Trinajstić information content (AvgIpc) is 3.00. The van der Waals surface area contributed by atoms with E-state index in [-0.39, 0.29) is 17.9 Å². The summed E-state index contributed by atoms with van der Waals surface area (Å²) in [6, 6.07) is 4.93. The number of hydrogen-bond acceptors (Lipinski definition) is 7. The molecule has 1 aliphatic heterocycles. The molecule has 3 atom stereocenters. The molecule has 30 heavy (non-hydrogen) atoms. The number of carbonyl (C=O) groups excluding carboxylic acids is 2. The SMILES string of the molecule is CCOC(=O)C(C)[C@@]1(O)C[C@@H](C(=O)OC(C)(C)C)N(S(=O)(=O)c2ccc(C)cc2)C1. The highest BCUT2D eigenvalue weighted by atomic mass is 32.2. The van der Waals surface area contributed by atoms with Gasteiger partial charge < -0.3 is 14.6 Å². The Kier molecular flexibility index (Phi) is 7.00. The number of hydrogen-bond donors (Lipinski definition) is 1. The van der Waals surface area contributed by atoms with Crippen LogP contribution in [0.3, 0.4) is 0 Å². The molecule has 0 radical (unpaired) electrons. The number of carbonyl (C=O) groups is 2. The summed E-state index contributed by atoms with van der Waals surface area (Å²) in [5.74, 6) is -2.46. The van der Waals surface area contributed by atoms with Gasteiger partial charge in [-0.1, -0.05) is 17.7 Å². The highest BCUT2D eigenvalue weighted by Crippen LogP contribution is 2.38. The third-order valence-corrected chi connectivity index (χ3v) is 6.95. The van der Waals surface area contributed by atoms with Crippen LogP contribution in [-0.2, 0) is 29.1 Å². The zero-order chi connectivity index (χ0) is 22.9. The van der Waals surface area contributed by atoms with Gasteiger partial charge >= 0.3 is 11.9 Å². The van der Waals surface area contributed by atoms with Crippen LogP contribution in [0, 0.1) is 12.8 Å². The van der Waals surface area contributed by atoms with Gasteiger partial charge in [0.05, 0.1) is 23.0 Å². The zero-order valence-corrected chi connectivity index (χ0v) is 19.2. The number of sulfonamides is 1. The number of rotatable bonds is 6. The molecule has 1 heterocycles. The Bertz CT molecular complexity index is 889. The lowest BCUT2D eigenvalue weighted by molar-refractivity contribution is -0.161. The maximum absolute atomic E-state index is 13.3. The van der Waals surface area contributed by atoms with Crippen molar-refractivity contribution in [1.82, 2.24) is 4.31 Å². The van der Waals surface area contributed by atoms with Crippen molar-refractivity contribution in [2.45, 2.75) is 70.1 Å². The first-order valence-corrected chi connectivity index (χ1v) is 11.4. The van der Waals surface area contributed by atoms with Gasteiger partial charge in [0.25, 0.3) is 0 Å². The quantitative estimate of drug-likeness (QED) is 0.673. The van der Waals surface area contributed by atoms with Gasteiger partial charge in [-0.05, 0) is 53.7 Å². The lowest BCUT2D eigenvalue weighted by Crippen LogP contribution is -2.45. The fourth-order valence-corrected chi connectivity index (χ4v) is 4.99. The van der Waals surface area contributed by atoms with Crippen LogP contribution in [0.2, 0.25) is 0 Å². The van der Waals surface area contributed by atoms with Gasteiger partial charge in [0.2, 0.25) is 10.0 Å². The summed E-state index contributed by atoms with van der Waals surface area (Å²) in [6.45, 7) is 9.65. The molecule has 8 nitrogen and oxygen atoms in total. The lowest BCUT2D eigenvalue weighted by atomic mass is 9.86. The number of ether oxygens (including phenoxy) is 2. The van der Waals surface area contributed by atoms with Crippen molar-refractivity contribution in [3.8, 4) is 0 Å². The van der Waals surface area contributed by atoms with Crippen molar-refractivity contribution in [1.29, 1.82) is 0 Å². The van der Waals surface area contributed by atoms with Crippen molar-refractivity contribution >= 4 is 22.0 Å². The summed E-state index contributed by atoms with van der Waals surface area (Å²) < 4.78 is 38.0. The highest BCUT2D eigenvalue weighted by molar-refractivity contribution is 7.89. The minimum absolute atomic E-state index is 0.00491. The molecule has 0 spiro atoms. The highest BCUT2D eigenvalue weighted by Gasteiger charge is 2.56. The molecule has 0 aliphatic carbocycles. The van der Waals surface area contributed by atoms with E-state index in [1.807, 2.05) is 6.92 Å². The summed E-state index contributed by atoms with van der Waals surface area (Å²) in [4.78, 5) is 25.1. The van der Waals surface area contributed by atoms with Gasteiger partial charge in [-0.15, -0.1) is 0 Å². The molecule has 1 N–H and O–H groups in total. The predicted octanol–water partition coefficient (Wildman–Crippen LogP) is 2.03. The van der Waals surface area contributed by atoms with E-state index in [9.17, 15) is 23.1 Å². The number of benzene rings is 1. The van der Waals surface area contributed by atoms with Gasteiger partial charge in [-0.2, -0.15) is 4.31 Å². The first-order chi connectivity index (χ1) is 13.7. The average molecular weight is 442 g/mol. The van der Waals surface area contributed by atoms with E-state index in [1.165, 1.54) is 19.1 Å². The molecule has 1 saturated heterocycles. The number of aryl methyl sites for hydroxylation is 1. The second kappa shape index (κ2) is 8.64. The summed E-state index contributed by atoms with van der Waals surface area (Å²) in [6.07, 6.45) is -0.271. The molecule has 1 unspecified atom stereocenters. The molecule has 1 aliphatic rings. The first-order valence-electron chi connectivity index (χ1n) is 9.91. The molecule has 1 fully saturated rings. The maximum atomic E-state index is 13.3. The number of β-amino-alcohol motifs (C(OH)–C–C–N with tert-alkyl or cyclic N) is 1. The van der Waals surface area contributed by atoms with Crippen molar-refractivity contribution in [2.75, 3.05) is 13.2 Å². The largest absolute Gasteiger partial charge is 0.466 e. The molecule has 1 aromatic carbocycles. The van der Waals surface area contributed by atoms with Gasteiger partial charge in [0.15, 0.2) is 0 Å². The molecule has 0 saturated carbocycles. The Morgan fingerprint density at radius 1 is 1.27 bits per heavy atom. The van der Waals surface area contributed by atoms with Crippen LogP contribution < -0.4 is 0 Å². The molecule has 9 heteroatoms. The Morgan fingerprint density at radius 3 is 2.33 bits per heavy atom. The van der Waals surface area contributed by atoms with E-state index in [2.05, 4.69) is 0 Å². The lowest BCUT2D eigenvalue weighted by Gasteiger charge is -2.28. The maximum Gasteiger partial charge on any atom is 0.325 e. The molecule has 0 bridgehead atoms. The molecular weight excluding hydrogens is 410 g/mol. The molecule has 1 aromatic rings. The van der Waals surface area contributed by atoms with E-state index in [0.29, 0.717) is 0 Å². The third-order valence-electron chi connectivity index (χ3n) is 5.08. The smallest absolute Gasteiger partial charge is 0.325 e. The van der Waals surface area contributed by atoms with Crippen LogP contribution in [0.5, 0.6) is 0 Å². The normalized spacial score (nSPS) is 23.8. The van der Waals surface area contributed by atoms with Crippen LogP contribution in [0.1, 0.15) is 46.6 Å². The molecule has 0 aromatic heterocycles. The molecular formula is C21H31NO7S. The second-order valence-electron chi connectivity index (χ2n) is 8.69. The first kappa shape index (κ1) is 24.3. The second-order valence-corrected chi connectivity index (χ2v) is 10.6. The minimum atomic E-state index is -4.13. The fraction of sp³-hybridized carbons (Fsp3) is 0.619. The number of aliphatic hydroxyl groups is 1. The Labute approximate surface area is 178 Å². The Morgan fingerprint density at radius 2 is 1.83 bits per heavy atom. The standard InChI is InChI=1S/C21H31NO7S/c1-7-28-18(23)15(3)21(25)12-17(19(24)29-20(4,5)6)22(13-21)30(26,27)16-10-8-14(2)9-11-16/h8-11,15,17,25H,7,12-13H2,1-6H3/t15?,17-,21+/m0/s1. The van der Waals surface area contributed by atoms with Crippen molar-refractivity contribution < 1.29 is 32.6 Å². The van der Waals surface area contributed by atoms with Crippen molar-refractivity contribution in [3.63, 3.8) is 0 Å². The van der Waals surface area contributed by atoms with E-state index in [0.717, 1.165) is 9.87 Å². The molecule has 168 valence electrons. The van der Waals surface area contributed by atoms with Crippen molar-refractivity contribution in [2.24, 2.45) is 5.92 Å². The summed E-state index contributed by atoms with van der Waals surface area (Å²) >= 11 is 0. The number of nitrogens with zero attached hydrogens (tertiary/aromatic N) is 1. The van der Waals surface area contributed by atoms with E-state index >= 15 is 0 Å². The Balaban J connectivity index is 2.46. The minimum Gasteiger partial charge on any atom is -0.466 e. The van der Waals surface area contributed by atoms with Gasteiger partial charge in [-0.25, -0.2) is 8.42 Å². The van der Waals surface area contributed by atoms with Gasteiger partial charge in [-0.3, -0.25) is 9.59 Å². The topological polar surface area (TPSA) is 110 Å². The van der Waals surface area contributed by atoms with E-state index in [1.54, 1.807) is 39.8 Å². The third kappa shape index (κ3) is 5.19. The van der Waals surface area contributed by atoms with Crippen molar-refractivity contribution in [3.05, 3.63) is 29.8 Å². The Hall–Kier alpha value is -1.97. The number of esters is 2. The fourth-order valence-electron chi connectivity index (χ4n) is 3.35. The summed E-state index contributed by atoms with van der Waals surface area (Å²) in [5.41, 5.74) is -1.73. The van der Waals surface area contributed by atoms with E-state index in [4.69, 9.17) is 9.47 Å². The van der Waals surface area contributed by atoms with Crippen LogP contribution in [0.25, 0.3) is 0 Å².